The standard InChI is InChI=1S/C14H27N3/c1-3-9-17(11-13-6-7-13)10-5-8-14(16,4-2)12-15/h13H,3-11,16H2,1-2H3. The fourth-order valence-corrected chi connectivity index (χ4v) is 2.21. The highest BCUT2D eigenvalue weighted by atomic mass is 15.1. The van der Waals surface area contributed by atoms with Crippen molar-refractivity contribution in [2.24, 2.45) is 11.7 Å². The Hall–Kier alpha value is -0.590. The fraction of sp³-hybridized carbons (Fsp3) is 0.929. The maximum atomic E-state index is 9.02. The molecule has 1 rings (SSSR count). The van der Waals surface area contributed by atoms with Gasteiger partial charge >= 0.3 is 0 Å². The summed E-state index contributed by atoms with van der Waals surface area (Å²) in [6.45, 7) is 7.77. The summed E-state index contributed by atoms with van der Waals surface area (Å²) in [6.07, 6.45) is 6.66. The summed E-state index contributed by atoms with van der Waals surface area (Å²) in [5.41, 5.74) is 5.39. The molecule has 1 unspecified atom stereocenters. The van der Waals surface area contributed by atoms with Crippen molar-refractivity contribution in [2.75, 3.05) is 19.6 Å². The third kappa shape index (κ3) is 5.52. The minimum absolute atomic E-state index is 0.600. The largest absolute Gasteiger partial charge is 0.313 e. The Labute approximate surface area is 106 Å². The topological polar surface area (TPSA) is 53.0 Å². The van der Waals surface area contributed by atoms with Crippen molar-refractivity contribution < 1.29 is 0 Å². The van der Waals surface area contributed by atoms with Crippen LogP contribution in [0.1, 0.15) is 52.4 Å². The predicted molar refractivity (Wildman–Crippen MR) is 71.5 cm³/mol. The Morgan fingerprint density at radius 3 is 2.53 bits per heavy atom. The Balaban J connectivity index is 2.23. The van der Waals surface area contributed by atoms with Gasteiger partial charge in [-0.3, -0.25) is 0 Å². The zero-order valence-corrected chi connectivity index (χ0v) is 11.4. The molecular formula is C14H27N3. The third-order valence-electron chi connectivity index (χ3n) is 3.70. The van der Waals surface area contributed by atoms with Crippen molar-refractivity contribution in [3.8, 4) is 6.07 Å². The van der Waals surface area contributed by atoms with Crippen LogP contribution in [0.2, 0.25) is 0 Å². The highest BCUT2D eigenvalue weighted by molar-refractivity contribution is 5.03. The Bertz CT molecular complexity index is 255. The van der Waals surface area contributed by atoms with E-state index in [1.807, 2.05) is 6.92 Å². The molecule has 0 aromatic heterocycles. The zero-order chi connectivity index (χ0) is 12.7. The highest BCUT2D eigenvalue weighted by Crippen LogP contribution is 2.29. The van der Waals surface area contributed by atoms with Gasteiger partial charge in [0, 0.05) is 6.54 Å². The molecule has 17 heavy (non-hydrogen) atoms. The molecule has 0 bridgehead atoms. The summed E-state index contributed by atoms with van der Waals surface area (Å²) in [5, 5.41) is 9.02. The van der Waals surface area contributed by atoms with Crippen molar-refractivity contribution >= 4 is 0 Å². The van der Waals surface area contributed by atoms with E-state index in [-0.39, 0.29) is 0 Å². The van der Waals surface area contributed by atoms with Gasteiger partial charge in [0.25, 0.3) is 0 Å². The average molecular weight is 237 g/mol. The highest BCUT2D eigenvalue weighted by Gasteiger charge is 2.25. The van der Waals surface area contributed by atoms with Gasteiger partial charge in [-0.25, -0.2) is 0 Å². The van der Waals surface area contributed by atoms with E-state index in [1.165, 1.54) is 32.4 Å². The van der Waals surface area contributed by atoms with Crippen LogP contribution in [0.25, 0.3) is 0 Å². The van der Waals surface area contributed by atoms with Crippen molar-refractivity contribution in [2.45, 2.75) is 57.9 Å². The van der Waals surface area contributed by atoms with Crippen LogP contribution in [0.5, 0.6) is 0 Å². The molecule has 1 atom stereocenters. The van der Waals surface area contributed by atoms with Crippen molar-refractivity contribution in [1.82, 2.24) is 4.90 Å². The van der Waals surface area contributed by atoms with Crippen LogP contribution in [0.4, 0.5) is 0 Å². The molecule has 0 amide bonds. The van der Waals surface area contributed by atoms with Crippen LogP contribution in [-0.4, -0.2) is 30.1 Å². The maximum Gasteiger partial charge on any atom is 0.104 e. The fourth-order valence-electron chi connectivity index (χ4n) is 2.21. The van der Waals surface area contributed by atoms with Gasteiger partial charge in [0.2, 0.25) is 0 Å². The summed E-state index contributed by atoms with van der Waals surface area (Å²) < 4.78 is 0. The zero-order valence-electron chi connectivity index (χ0n) is 11.4. The number of rotatable bonds is 9. The average Bonchev–Trinajstić information content (AvgIpc) is 3.13. The molecule has 3 nitrogen and oxygen atoms in total. The molecule has 1 saturated carbocycles. The van der Waals surface area contributed by atoms with Crippen LogP contribution in [0, 0.1) is 17.2 Å². The van der Waals surface area contributed by atoms with Crippen LogP contribution < -0.4 is 5.73 Å². The smallest absolute Gasteiger partial charge is 0.104 e. The molecule has 98 valence electrons. The quantitative estimate of drug-likeness (QED) is 0.670. The lowest BCUT2D eigenvalue weighted by molar-refractivity contribution is 0.251. The second-order valence-electron chi connectivity index (χ2n) is 5.47. The lowest BCUT2D eigenvalue weighted by Crippen LogP contribution is -2.38. The minimum Gasteiger partial charge on any atom is -0.313 e. The monoisotopic (exact) mass is 237 g/mol. The van der Waals surface area contributed by atoms with Crippen molar-refractivity contribution in [3.05, 3.63) is 0 Å². The molecule has 1 aliphatic carbocycles. The Morgan fingerprint density at radius 1 is 1.35 bits per heavy atom. The van der Waals surface area contributed by atoms with E-state index in [4.69, 9.17) is 11.0 Å². The summed E-state index contributed by atoms with van der Waals surface area (Å²) >= 11 is 0. The molecule has 0 radical (unpaired) electrons. The molecule has 0 spiro atoms. The molecule has 1 aliphatic rings. The number of nitrogens with zero attached hydrogens (tertiary/aromatic N) is 2. The Morgan fingerprint density at radius 2 is 2.06 bits per heavy atom. The molecule has 2 N–H and O–H groups in total. The number of nitrogens with two attached hydrogens (primary N) is 1. The Kier molecular flexibility index (Phi) is 5.94. The van der Waals surface area contributed by atoms with E-state index >= 15 is 0 Å². The van der Waals surface area contributed by atoms with Crippen molar-refractivity contribution in [3.63, 3.8) is 0 Å². The summed E-state index contributed by atoms with van der Waals surface area (Å²) in [4.78, 5) is 2.55. The number of hydrogen-bond acceptors (Lipinski definition) is 3. The summed E-state index contributed by atoms with van der Waals surface area (Å²) in [7, 11) is 0. The van der Waals surface area contributed by atoms with Gasteiger partial charge in [-0.15, -0.1) is 0 Å². The van der Waals surface area contributed by atoms with Gasteiger partial charge < -0.3 is 10.6 Å². The van der Waals surface area contributed by atoms with Gasteiger partial charge in [0.05, 0.1) is 6.07 Å². The van der Waals surface area contributed by atoms with Crippen LogP contribution in [0.3, 0.4) is 0 Å². The third-order valence-corrected chi connectivity index (χ3v) is 3.70. The summed E-state index contributed by atoms with van der Waals surface area (Å²) in [5.74, 6) is 0.950. The van der Waals surface area contributed by atoms with Gasteiger partial charge in [-0.2, -0.15) is 5.26 Å². The van der Waals surface area contributed by atoms with Crippen LogP contribution >= 0.6 is 0 Å². The van der Waals surface area contributed by atoms with E-state index in [9.17, 15) is 0 Å². The lowest BCUT2D eigenvalue weighted by atomic mass is 9.93. The second kappa shape index (κ2) is 6.98. The molecule has 0 aromatic carbocycles. The molecule has 0 saturated heterocycles. The molecular weight excluding hydrogens is 210 g/mol. The predicted octanol–water partition coefficient (Wildman–Crippen LogP) is 2.52. The van der Waals surface area contributed by atoms with E-state index in [2.05, 4.69) is 17.9 Å². The van der Waals surface area contributed by atoms with Gasteiger partial charge in [-0.1, -0.05) is 13.8 Å². The van der Waals surface area contributed by atoms with Crippen molar-refractivity contribution in [1.29, 1.82) is 5.26 Å². The first-order valence-electron chi connectivity index (χ1n) is 7.06. The van der Waals surface area contributed by atoms with Gasteiger partial charge in [0.1, 0.15) is 5.54 Å². The first-order valence-corrected chi connectivity index (χ1v) is 7.06. The molecule has 3 heteroatoms. The number of nitriles is 1. The lowest BCUT2D eigenvalue weighted by Gasteiger charge is -2.24. The van der Waals surface area contributed by atoms with Gasteiger partial charge in [-0.05, 0) is 57.5 Å². The normalized spacial score (nSPS) is 19.0. The first-order chi connectivity index (χ1) is 8.13. The van der Waals surface area contributed by atoms with Gasteiger partial charge in [0.15, 0.2) is 0 Å². The first kappa shape index (κ1) is 14.5. The van der Waals surface area contributed by atoms with E-state index in [1.54, 1.807) is 0 Å². The minimum atomic E-state index is -0.600. The van der Waals surface area contributed by atoms with Crippen LogP contribution in [-0.2, 0) is 0 Å². The van der Waals surface area contributed by atoms with E-state index < -0.39 is 5.54 Å². The van der Waals surface area contributed by atoms with E-state index in [0.717, 1.165) is 31.7 Å². The summed E-state index contributed by atoms with van der Waals surface area (Å²) in [6, 6.07) is 2.25. The molecule has 0 heterocycles. The van der Waals surface area contributed by atoms with Crippen LogP contribution in [0.15, 0.2) is 0 Å². The molecule has 0 aliphatic heterocycles. The molecule has 1 fully saturated rings. The second-order valence-corrected chi connectivity index (χ2v) is 5.47. The maximum absolute atomic E-state index is 9.02. The molecule has 0 aromatic rings. The SMILES string of the molecule is CCCN(CCCC(N)(C#N)CC)CC1CC1. The van der Waals surface area contributed by atoms with E-state index in [0.29, 0.717) is 0 Å². The number of hydrogen-bond donors (Lipinski definition) is 1.